The SMILES string of the molecule is CS(=O)(=O)O[C@H]1CCSC1. The standard InChI is InChI=1S/C5H10O3S2/c1-10(6,7)8-5-2-3-9-4-5/h5H,2-4H2,1H3/t5-/m0/s1. The molecule has 1 fully saturated rings. The van der Waals surface area contributed by atoms with Gasteiger partial charge in [-0.1, -0.05) is 0 Å². The fraction of sp³-hybridized carbons (Fsp3) is 1.00. The molecule has 5 heteroatoms. The molecule has 0 bridgehead atoms. The number of hydrogen-bond acceptors (Lipinski definition) is 4. The number of thioether (sulfide) groups is 1. The van der Waals surface area contributed by atoms with E-state index in [-0.39, 0.29) is 6.10 Å². The van der Waals surface area contributed by atoms with E-state index < -0.39 is 10.1 Å². The molecule has 1 heterocycles. The van der Waals surface area contributed by atoms with Crippen LogP contribution in [0.15, 0.2) is 0 Å². The Kier molecular flexibility index (Phi) is 2.60. The highest BCUT2D eigenvalue weighted by atomic mass is 32.2. The summed E-state index contributed by atoms with van der Waals surface area (Å²) in [5.41, 5.74) is 0. The lowest BCUT2D eigenvalue weighted by atomic mass is 10.3. The number of hydrogen-bond donors (Lipinski definition) is 0. The first-order valence-electron chi connectivity index (χ1n) is 3.04. The monoisotopic (exact) mass is 182 g/mol. The maximum Gasteiger partial charge on any atom is 0.264 e. The van der Waals surface area contributed by atoms with Crippen LogP contribution in [-0.4, -0.2) is 32.3 Å². The van der Waals surface area contributed by atoms with Gasteiger partial charge in [-0.15, -0.1) is 0 Å². The second-order valence-electron chi connectivity index (χ2n) is 2.29. The van der Waals surface area contributed by atoms with Crippen molar-refractivity contribution in [2.24, 2.45) is 0 Å². The lowest BCUT2D eigenvalue weighted by Crippen LogP contribution is -2.16. The normalized spacial score (nSPS) is 27.1. The predicted octanol–water partition coefficient (Wildman–Crippen LogP) is 0.468. The van der Waals surface area contributed by atoms with Crippen LogP contribution in [-0.2, 0) is 14.3 Å². The molecule has 1 saturated heterocycles. The Hall–Kier alpha value is 0.260. The van der Waals surface area contributed by atoms with E-state index in [0.29, 0.717) is 0 Å². The average Bonchev–Trinajstić information content (AvgIpc) is 2.12. The van der Waals surface area contributed by atoms with E-state index in [2.05, 4.69) is 0 Å². The maximum absolute atomic E-state index is 10.6. The van der Waals surface area contributed by atoms with Crippen molar-refractivity contribution in [3.63, 3.8) is 0 Å². The van der Waals surface area contributed by atoms with Crippen LogP contribution in [0, 0.1) is 0 Å². The van der Waals surface area contributed by atoms with Crippen LogP contribution in [0.1, 0.15) is 6.42 Å². The zero-order valence-electron chi connectivity index (χ0n) is 5.74. The largest absolute Gasteiger partial charge is 0.266 e. The minimum Gasteiger partial charge on any atom is -0.266 e. The number of rotatable bonds is 2. The van der Waals surface area contributed by atoms with Crippen LogP contribution in [0.5, 0.6) is 0 Å². The summed E-state index contributed by atoms with van der Waals surface area (Å²) < 4.78 is 25.9. The van der Waals surface area contributed by atoms with Crippen molar-refractivity contribution in [2.45, 2.75) is 12.5 Å². The van der Waals surface area contributed by atoms with Gasteiger partial charge in [-0.3, -0.25) is 4.18 Å². The topological polar surface area (TPSA) is 43.4 Å². The maximum atomic E-state index is 10.6. The summed E-state index contributed by atoms with van der Waals surface area (Å²) in [5.74, 6) is 1.83. The van der Waals surface area contributed by atoms with Gasteiger partial charge in [-0.05, 0) is 12.2 Å². The highest BCUT2D eigenvalue weighted by Gasteiger charge is 2.19. The third-order valence-corrected chi connectivity index (χ3v) is 2.95. The summed E-state index contributed by atoms with van der Waals surface area (Å²) in [5, 5.41) is 0. The van der Waals surface area contributed by atoms with Crippen LogP contribution in [0.4, 0.5) is 0 Å². The molecule has 0 aromatic carbocycles. The third-order valence-electron chi connectivity index (χ3n) is 1.20. The minimum atomic E-state index is -3.22. The molecule has 60 valence electrons. The molecule has 1 aliphatic heterocycles. The van der Waals surface area contributed by atoms with Gasteiger partial charge in [0, 0.05) is 5.75 Å². The molecule has 0 aromatic rings. The van der Waals surface area contributed by atoms with E-state index in [0.717, 1.165) is 24.2 Å². The van der Waals surface area contributed by atoms with E-state index in [1.807, 2.05) is 0 Å². The average molecular weight is 182 g/mol. The van der Waals surface area contributed by atoms with E-state index in [9.17, 15) is 8.42 Å². The summed E-state index contributed by atoms with van der Waals surface area (Å²) >= 11 is 1.73. The van der Waals surface area contributed by atoms with Crippen molar-refractivity contribution >= 4 is 21.9 Å². The van der Waals surface area contributed by atoms with Crippen LogP contribution in [0.2, 0.25) is 0 Å². The zero-order valence-corrected chi connectivity index (χ0v) is 7.37. The molecule has 0 amide bonds. The van der Waals surface area contributed by atoms with Crippen LogP contribution in [0.3, 0.4) is 0 Å². The van der Waals surface area contributed by atoms with E-state index >= 15 is 0 Å². The van der Waals surface area contributed by atoms with Gasteiger partial charge >= 0.3 is 0 Å². The van der Waals surface area contributed by atoms with Crippen LogP contribution >= 0.6 is 11.8 Å². The van der Waals surface area contributed by atoms with Gasteiger partial charge in [0.25, 0.3) is 10.1 Å². The molecule has 0 aliphatic carbocycles. The Morgan fingerprint density at radius 3 is 2.70 bits per heavy atom. The summed E-state index contributed by atoms with van der Waals surface area (Å²) in [7, 11) is -3.22. The van der Waals surface area contributed by atoms with Crippen molar-refractivity contribution in [1.82, 2.24) is 0 Å². The molecule has 0 unspecified atom stereocenters. The zero-order chi connectivity index (χ0) is 7.61. The molecule has 10 heavy (non-hydrogen) atoms. The summed E-state index contributed by atoms with van der Waals surface area (Å²) in [6, 6.07) is 0. The molecule has 0 radical (unpaired) electrons. The molecular weight excluding hydrogens is 172 g/mol. The highest BCUT2D eigenvalue weighted by Crippen LogP contribution is 2.20. The van der Waals surface area contributed by atoms with Gasteiger partial charge in [-0.25, -0.2) is 0 Å². The molecule has 0 N–H and O–H groups in total. The molecule has 1 rings (SSSR count). The summed E-state index contributed by atoms with van der Waals surface area (Å²) in [6.07, 6.45) is 1.88. The first-order valence-corrected chi connectivity index (χ1v) is 6.01. The molecule has 0 spiro atoms. The van der Waals surface area contributed by atoms with Crippen molar-refractivity contribution in [1.29, 1.82) is 0 Å². The lowest BCUT2D eigenvalue weighted by Gasteiger charge is -2.05. The Balaban J connectivity index is 2.38. The second-order valence-corrected chi connectivity index (χ2v) is 5.04. The van der Waals surface area contributed by atoms with Gasteiger partial charge in [0.1, 0.15) is 0 Å². The van der Waals surface area contributed by atoms with E-state index in [1.165, 1.54) is 0 Å². The van der Waals surface area contributed by atoms with Crippen molar-refractivity contribution in [2.75, 3.05) is 17.8 Å². The van der Waals surface area contributed by atoms with Crippen molar-refractivity contribution in [3.8, 4) is 0 Å². The van der Waals surface area contributed by atoms with Gasteiger partial charge in [0.15, 0.2) is 0 Å². The fourth-order valence-electron chi connectivity index (χ4n) is 0.836. The first-order chi connectivity index (χ1) is 4.58. The molecule has 1 atom stereocenters. The second kappa shape index (κ2) is 3.11. The van der Waals surface area contributed by atoms with Crippen molar-refractivity contribution < 1.29 is 12.6 Å². The predicted molar refractivity (Wildman–Crippen MR) is 41.7 cm³/mol. The van der Waals surface area contributed by atoms with Gasteiger partial charge in [0.05, 0.1) is 12.4 Å². The summed E-state index contributed by atoms with van der Waals surface area (Å²) in [6.45, 7) is 0. The van der Waals surface area contributed by atoms with E-state index in [1.54, 1.807) is 11.8 Å². The first kappa shape index (κ1) is 8.36. The van der Waals surface area contributed by atoms with Gasteiger partial charge in [0.2, 0.25) is 0 Å². The van der Waals surface area contributed by atoms with Gasteiger partial charge < -0.3 is 0 Å². The quantitative estimate of drug-likeness (QED) is 0.582. The van der Waals surface area contributed by atoms with Crippen molar-refractivity contribution in [3.05, 3.63) is 0 Å². The smallest absolute Gasteiger partial charge is 0.264 e. The van der Waals surface area contributed by atoms with Crippen LogP contribution < -0.4 is 0 Å². The Morgan fingerprint density at radius 1 is 1.60 bits per heavy atom. The third kappa shape index (κ3) is 2.90. The Morgan fingerprint density at radius 2 is 2.30 bits per heavy atom. The Bertz CT molecular complexity index is 191. The molecular formula is C5H10O3S2. The fourth-order valence-corrected chi connectivity index (χ4v) is 2.67. The molecule has 0 saturated carbocycles. The Labute approximate surface area is 65.3 Å². The highest BCUT2D eigenvalue weighted by molar-refractivity contribution is 7.99. The lowest BCUT2D eigenvalue weighted by molar-refractivity contribution is 0.239. The molecule has 3 nitrogen and oxygen atoms in total. The van der Waals surface area contributed by atoms with E-state index in [4.69, 9.17) is 4.18 Å². The summed E-state index contributed by atoms with van der Waals surface area (Å²) in [4.78, 5) is 0. The minimum absolute atomic E-state index is 0.0694. The van der Waals surface area contributed by atoms with Crippen LogP contribution in [0.25, 0.3) is 0 Å². The molecule has 1 aliphatic rings. The molecule has 0 aromatic heterocycles. The van der Waals surface area contributed by atoms with Gasteiger partial charge in [-0.2, -0.15) is 20.2 Å².